The highest BCUT2D eigenvalue weighted by molar-refractivity contribution is 7.89. The minimum atomic E-state index is -3.76. The van der Waals surface area contributed by atoms with E-state index in [9.17, 15) is 8.42 Å². The first-order chi connectivity index (χ1) is 23.3. The third kappa shape index (κ3) is 7.28. The fraction of sp³-hybridized carbons (Fsp3) is 0.371. The monoisotopic (exact) mass is 673 g/mol. The Hall–Kier alpha value is -4.59. The lowest BCUT2D eigenvalue weighted by molar-refractivity contribution is 0.122. The summed E-state index contributed by atoms with van der Waals surface area (Å²) in [5.74, 6) is 3.18. The molecule has 254 valence electrons. The first-order valence-electron chi connectivity index (χ1n) is 16.2. The largest absolute Gasteiger partial charge is 0.497 e. The molecule has 0 amide bonds. The highest BCUT2D eigenvalue weighted by atomic mass is 32.2. The van der Waals surface area contributed by atoms with E-state index in [4.69, 9.17) is 24.2 Å². The van der Waals surface area contributed by atoms with E-state index in [1.165, 1.54) is 0 Å². The molecule has 0 saturated carbocycles. The van der Waals surface area contributed by atoms with Gasteiger partial charge in [-0.2, -0.15) is 9.97 Å². The molecule has 3 N–H and O–H groups in total. The molecular weight excluding hydrogens is 630 g/mol. The molecule has 1 aromatic heterocycles. The van der Waals surface area contributed by atoms with Crippen LogP contribution in [0.1, 0.15) is 37.3 Å². The maximum atomic E-state index is 13.3. The lowest BCUT2D eigenvalue weighted by atomic mass is 10.1. The predicted octanol–water partition coefficient (Wildman–Crippen LogP) is 5.63. The van der Waals surface area contributed by atoms with Crippen molar-refractivity contribution >= 4 is 44.7 Å². The van der Waals surface area contributed by atoms with E-state index in [1.807, 2.05) is 55.5 Å². The number of nitrogens with zero attached hydrogens (tertiary/aromatic N) is 4. The summed E-state index contributed by atoms with van der Waals surface area (Å²) >= 11 is 0. The number of hydrogen-bond donors (Lipinski definition) is 3. The number of morpholine rings is 1. The topological polar surface area (TPSA) is 130 Å². The van der Waals surface area contributed by atoms with Gasteiger partial charge in [0.15, 0.2) is 0 Å². The number of methoxy groups -OCH3 is 2. The third-order valence-corrected chi connectivity index (χ3v) is 10.0. The standard InChI is InChI=1S/C35H43N7O5S/c1-5-16-36-48(43,44)31-9-7-6-8-29(31)37-33-32-24(2)22-42(23-25-10-13-27(45-3)14-11-25)34(32)40-35(39-33)38-28-15-12-26(21-30(28)46-4)41-17-19-47-20-18-41/h6-15,21,24,36H,5,16-20,22-23H2,1-4H3,(H2,37,38,39,40). The van der Waals surface area contributed by atoms with Gasteiger partial charge in [-0.3, -0.25) is 0 Å². The molecule has 4 aromatic rings. The van der Waals surface area contributed by atoms with Crippen LogP contribution in [0, 0.1) is 0 Å². The van der Waals surface area contributed by atoms with E-state index < -0.39 is 10.0 Å². The van der Waals surface area contributed by atoms with E-state index in [1.54, 1.807) is 32.4 Å². The molecule has 0 radical (unpaired) electrons. The van der Waals surface area contributed by atoms with Crippen molar-refractivity contribution in [1.82, 2.24) is 14.7 Å². The second-order valence-corrected chi connectivity index (χ2v) is 13.6. The quantitative estimate of drug-likeness (QED) is 0.163. The molecule has 0 bridgehead atoms. The normalized spacial score (nSPS) is 16.0. The van der Waals surface area contributed by atoms with Gasteiger partial charge in [-0.1, -0.05) is 38.1 Å². The summed E-state index contributed by atoms with van der Waals surface area (Å²) in [4.78, 5) is 14.6. The summed E-state index contributed by atoms with van der Waals surface area (Å²) in [5, 5.41) is 6.78. The molecule has 1 saturated heterocycles. The minimum absolute atomic E-state index is 0.0686. The molecular formula is C35H43N7O5S. The Labute approximate surface area is 282 Å². The van der Waals surface area contributed by atoms with Gasteiger partial charge in [0.1, 0.15) is 28.0 Å². The van der Waals surface area contributed by atoms with E-state index >= 15 is 0 Å². The highest BCUT2D eigenvalue weighted by Gasteiger charge is 2.32. The molecule has 2 aliphatic rings. The molecule has 13 heteroatoms. The van der Waals surface area contributed by atoms with Gasteiger partial charge in [-0.15, -0.1) is 0 Å². The average molecular weight is 674 g/mol. The second kappa shape index (κ2) is 14.7. The van der Waals surface area contributed by atoms with Crippen molar-refractivity contribution in [2.45, 2.75) is 37.6 Å². The van der Waals surface area contributed by atoms with Crippen molar-refractivity contribution in [3.05, 3.63) is 77.9 Å². The Morgan fingerprint density at radius 1 is 0.938 bits per heavy atom. The Morgan fingerprint density at radius 2 is 1.71 bits per heavy atom. The van der Waals surface area contributed by atoms with Crippen LogP contribution in [0.5, 0.6) is 11.5 Å². The van der Waals surface area contributed by atoms with Gasteiger partial charge in [-0.05, 0) is 48.4 Å². The third-order valence-electron chi connectivity index (χ3n) is 8.52. The fourth-order valence-electron chi connectivity index (χ4n) is 6.07. The molecule has 12 nitrogen and oxygen atoms in total. The van der Waals surface area contributed by atoms with E-state index in [2.05, 4.69) is 32.1 Å². The van der Waals surface area contributed by atoms with Crippen LogP contribution in [-0.2, 0) is 21.3 Å². The maximum absolute atomic E-state index is 13.3. The van der Waals surface area contributed by atoms with Crippen LogP contribution in [0.3, 0.4) is 0 Å². The van der Waals surface area contributed by atoms with Crippen molar-refractivity contribution < 1.29 is 22.6 Å². The van der Waals surface area contributed by atoms with Crippen LogP contribution in [0.2, 0.25) is 0 Å². The lowest BCUT2D eigenvalue weighted by Crippen LogP contribution is -2.36. The second-order valence-electron chi connectivity index (χ2n) is 11.9. The van der Waals surface area contributed by atoms with Gasteiger partial charge in [-0.25, -0.2) is 13.1 Å². The molecule has 6 rings (SSSR count). The predicted molar refractivity (Wildman–Crippen MR) is 189 cm³/mol. The molecule has 1 atom stereocenters. The zero-order valence-corrected chi connectivity index (χ0v) is 28.6. The van der Waals surface area contributed by atoms with Gasteiger partial charge < -0.3 is 34.6 Å². The van der Waals surface area contributed by atoms with Crippen LogP contribution < -0.4 is 34.6 Å². The number of aromatic nitrogens is 2. The van der Waals surface area contributed by atoms with E-state index in [0.29, 0.717) is 68.2 Å². The number of sulfonamides is 1. The zero-order chi connectivity index (χ0) is 33.7. The van der Waals surface area contributed by atoms with Gasteiger partial charge in [0.25, 0.3) is 0 Å². The van der Waals surface area contributed by atoms with Crippen molar-refractivity contribution in [2.75, 3.05) is 74.0 Å². The molecule has 1 fully saturated rings. The Morgan fingerprint density at radius 3 is 2.44 bits per heavy atom. The Balaban J connectivity index is 1.39. The Kier molecular flexibility index (Phi) is 10.2. The van der Waals surface area contributed by atoms with Gasteiger partial charge in [0.05, 0.1) is 38.8 Å². The smallest absolute Gasteiger partial charge is 0.242 e. The first kappa shape index (κ1) is 33.3. The lowest BCUT2D eigenvalue weighted by Gasteiger charge is -2.29. The maximum Gasteiger partial charge on any atom is 0.242 e. The van der Waals surface area contributed by atoms with E-state index in [-0.39, 0.29) is 10.8 Å². The first-order valence-corrected chi connectivity index (χ1v) is 17.7. The number of benzene rings is 3. The Bertz CT molecular complexity index is 1830. The summed E-state index contributed by atoms with van der Waals surface area (Å²) in [6.07, 6.45) is 0.682. The number of nitrogens with one attached hydrogen (secondary N) is 3. The number of anilines is 6. The number of rotatable bonds is 13. The molecule has 0 spiro atoms. The number of fused-ring (bicyclic) bond motifs is 1. The molecule has 0 aliphatic carbocycles. The summed E-state index contributed by atoms with van der Waals surface area (Å²) in [7, 11) is -0.464. The molecule has 1 unspecified atom stereocenters. The van der Waals surface area contributed by atoms with Gasteiger partial charge >= 0.3 is 0 Å². The van der Waals surface area contributed by atoms with Crippen molar-refractivity contribution in [3.8, 4) is 11.5 Å². The summed E-state index contributed by atoms with van der Waals surface area (Å²) < 4.78 is 45.9. The summed E-state index contributed by atoms with van der Waals surface area (Å²) in [5.41, 5.74) is 4.21. The van der Waals surface area contributed by atoms with Crippen LogP contribution in [0.15, 0.2) is 71.6 Å². The van der Waals surface area contributed by atoms with Crippen LogP contribution >= 0.6 is 0 Å². The molecule has 2 aliphatic heterocycles. The van der Waals surface area contributed by atoms with Crippen LogP contribution in [0.25, 0.3) is 0 Å². The van der Waals surface area contributed by atoms with Crippen molar-refractivity contribution in [2.24, 2.45) is 0 Å². The average Bonchev–Trinajstić information content (AvgIpc) is 3.42. The van der Waals surface area contributed by atoms with Crippen molar-refractivity contribution in [3.63, 3.8) is 0 Å². The van der Waals surface area contributed by atoms with Crippen LogP contribution in [0.4, 0.5) is 34.6 Å². The van der Waals surface area contributed by atoms with E-state index in [0.717, 1.165) is 41.5 Å². The van der Waals surface area contributed by atoms with Crippen molar-refractivity contribution in [1.29, 1.82) is 0 Å². The van der Waals surface area contributed by atoms with Gasteiger partial charge in [0, 0.05) is 56.0 Å². The minimum Gasteiger partial charge on any atom is -0.497 e. The summed E-state index contributed by atoms with van der Waals surface area (Å²) in [6, 6.07) is 20.9. The summed E-state index contributed by atoms with van der Waals surface area (Å²) in [6.45, 7) is 8.74. The molecule has 3 heterocycles. The zero-order valence-electron chi connectivity index (χ0n) is 27.8. The number of para-hydroxylation sites is 1. The fourth-order valence-corrected chi connectivity index (χ4v) is 7.37. The number of ether oxygens (including phenoxy) is 3. The molecule has 3 aromatic carbocycles. The van der Waals surface area contributed by atoms with Gasteiger partial charge in [0.2, 0.25) is 16.0 Å². The van der Waals surface area contributed by atoms with Crippen LogP contribution in [-0.4, -0.2) is 72.0 Å². The SMILES string of the molecule is CCCNS(=O)(=O)c1ccccc1Nc1nc(Nc2ccc(N3CCOCC3)cc2OC)nc2c1C(C)CN2Cc1ccc(OC)cc1. The number of hydrogen-bond acceptors (Lipinski definition) is 11. The molecule has 48 heavy (non-hydrogen) atoms. The highest BCUT2D eigenvalue weighted by Crippen LogP contribution is 2.43.